The highest BCUT2D eigenvalue weighted by Gasteiger charge is 2.20. The van der Waals surface area contributed by atoms with Crippen molar-refractivity contribution in [3.05, 3.63) is 59.3 Å². The van der Waals surface area contributed by atoms with Crippen LogP contribution >= 0.6 is 0 Å². The number of hydrogen-bond acceptors (Lipinski definition) is 5. The first-order chi connectivity index (χ1) is 12.6. The van der Waals surface area contributed by atoms with E-state index in [2.05, 4.69) is 10.3 Å². The lowest BCUT2D eigenvalue weighted by atomic mass is 10.1. The Morgan fingerprint density at radius 1 is 1.11 bits per heavy atom. The van der Waals surface area contributed by atoms with Crippen LogP contribution in [0.5, 0.6) is 0 Å². The molecule has 140 valence electrons. The average Bonchev–Trinajstić information content (AvgIpc) is 2.52. The van der Waals surface area contributed by atoms with Crippen LogP contribution in [0.25, 0.3) is 10.9 Å². The van der Waals surface area contributed by atoms with E-state index in [9.17, 15) is 22.0 Å². The smallest absolute Gasteiger partial charge is 0.252 e. The van der Waals surface area contributed by atoms with Gasteiger partial charge in [-0.15, -0.1) is 0 Å². The van der Waals surface area contributed by atoms with Gasteiger partial charge in [0, 0.05) is 29.6 Å². The van der Waals surface area contributed by atoms with Crippen LogP contribution in [0.3, 0.4) is 0 Å². The Bertz CT molecular complexity index is 1170. The Morgan fingerprint density at radius 2 is 1.74 bits per heavy atom. The molecule has 0 bridgehead atoms. The van der Waals surface area contributed by atoms with E-state index >= 15 is 0 Å². The Labute approximate surface area is 153 Å². The number of fused-ring (bicyclic) bond motifs is 1. The first-order valence-corrected chi connectivity index (χ1v) is 9.62. The lowest BCUT2D eigenvalue weighted by Crippen LogP contribution is -2.15. The molecule has 0 aliphatic rings. The summed E-state index contributed by atoms with van der Waals surface area (Å²) in [5, 5.41) is 3.06. The normalized spacial score (nSPS) is 11.6. The molecule has 0 radical (unpaired) electrons. The number of anilines is 2. The maximum Gasteiger partial charge on any atom is 0.252 e. The van der Waals surface area contributed by atoms with Crippen LogP contribution in [0.4, 0.5) is 20.2 Å². The van der Waals surface area contributed by atoms with Crippen molar-refractivity contribution in [2.24, 2.45) is 5.73 Å². The van der Waals surface area contributed by atoms with E-state index in [0.717, 1.165) is 24.6 Å². The summed E-state index contributed by atoms with van der Waals surface area (Å²) in [6.07, 6.45) is 2.17. The van der Waals surface area contributed by atoms with Gasteiger partial charge in [-0.25, -0.2) is 17.2 Å². The van der Waals surface area contributed by atoms with Crippen LogP contribution in [0.15, 0.2) is 41.4 Å². The molecule has 3 N–H and O–H groups in total. The van der Waals surface area contributed by atoms with Crippen LogP contribution in [0, 0.1) is 18.6 Å². The molecule has 0 atom stereocenters. The number of nitrogens with one attached hydrogen (secondary N) is 1. The zero-order valence-electron chi connectivity index (χ0n) is 14.4. The number of nitrogens with two attached hydrogens (primary N) is 1. The number of aromatic nitrogens is 1. The van der Waals surface area contributed by atoms with E-state index in [4.69, 9.17) is 5.73 Å². The Hall–Kier alpha value is -3.07. The number of sulfone groups is 1. The molecule has 3 rings (SSSR count). The molecular weight excluding hydrogens is 376 g/mol. The number of halogens is 2. The molecular formula is C18H15F2N3O3S. The highest BCUT2D eigenvalue weighted by molar-refractivity contribution is 7.91. The number of carbonyl (C=O) groups excluding carboxylic acids is 1. The van der Waals surface area contributed by atoms with Crippen molar-refractivity contribution < 1.29 is 22.0 Å². The summed E-state index contributed by atoms with van der Waals surface area (Å²) in [6.45, 7) is 1.68. The summed E-state index contributed by atoms with van der Waals surface area (Å²) >= 11 is 0. The maximum absolute atomic E-state index is 13.5. The highest BCUT2D eigenvalue weighted by Crippen LogP contribution is 2.33. The molecule has 0 aliphatic carbocycles. The van der Waals surface area contributed by atoms with Gasteiger partial charge in [-0.3, -0.25) is 9.78 Å². The molecule has 3 aromatic rings. The van der Waals surface area contributed by atoms with Gasteiger partial charge in [-0.2, -0.15) is 0 Å². The number of hydrogen-bond donors (Lipinski definition) is 2. The molecule has 0 unspecified atom stereocenters. The molecule has 0 aliphatic heterocycles. The van der Waals surface area contributed by atoms with Gasteiger partial charge >= 0.3 is 0 Å². The zero-order chi connectivity index (χ0) is 19.9. The second kappa shape index (κ2) is 6.58. The van der Waals surface area contributed by atoms with Crippen LogP contribution in [-0.2, 0) is 9.84 Å². The molecule has 2 aromatic carbocycles. The maximum atomic E-state index is 13.5. The number of benzene rings is 2. The molecule has 1 heterocycles. The molecule has 6 nitrogen and oxygen atoms in total. The standard InChI is InChI=1S/C18H15F2N3O3S/c1-9-3-13-16(23-12-6-10(19)5-11(20)7-12)14(18(21)24)8-22-17(13)15(4-9)27(2,25)26/h3-8H,1-2H3,(H2,21,24)(H,22,23). The summed E-state index contributed by atoms with van der Waals surface area (Å²) in [5.74, 6) is -2.46. The topological polar surface area (TPSA) is 102 Å². The number of aryl methyl sites for hydroxylation is 1. The first-order valence-electron chi connectivity index (χ1n) is 7.72. The van der Waals surface area contributed by atoms with Crippen molar-refractivity contribution in [3.63, 3.8) is 0 Å². The Balaban J connectivity index is 2.36. The molecule has 27 heavy (non-hydrogen) atoms. The SMILES string of the molecule is Cc1cc(S(C)(=O)=O)c2ncc(C(N)=O)c(Nc3cc(F)cc(F)c3)c2c1. The van der Waals surface area contributed by atoms with Gasteiger partial charge < -0.3 is 11.1 Å². The van der Waals surface area contributed by atoms with Gasteiger partial charge in [0.15, 0.2) is 9.84 Å². The summed E-state index contributed by atoms with van der Waals surface area (Å²) in [4.78, 5) is 15.9. The summed E-state index contributed by atoms with van der Waals surface area (Å²) in [7, 11) is -3.61. The lowest BCUT2D eigenvalue weighted by molar-refractivity contribution is 0.100. The predicted octanol–water partition coefficient (Wildman–Crippen LogP) is 3.07. The number of rotatable bonds is 4. The van der Waals surface area contributed by atoms with Crippen molar-refractivity contribution in [2.75, 3.05) is 11.6 Å². The molecule has 0 saturated heterocycles. The van der Waals surface area contributed by atoms with Gasteiger partial charge in [0.25, 0.3) is 5.91 Å². The lowest BCUT2D eigenvalue weighted by Gasteiger charge is -2.15. The van der Waals surface area contributed by atoms with E-state index in [-0.39, 0.29) is 32.7 Å². The molecule has 1 aromatic heterocycles. The van der Waals surface area contributed by atoms with Crippen molar-refractivity contribution in [3.8, 4) is 0 Å². The zero-order valence-corrected chi connectivity index (χ0v) is 15.2. The number of nitrogens with zero attached hydrogens (tertiary/aromatic N) is 1. The minimum Gasteiger partial charge on any atom is -0.365 e. The number of primary amides is 1. The van der Waals surface area contributed by atoms with Crippen LogP contribution in [0.1, 0.15) is 15.9 Å². The summed E-state index contributed by atoms with van der Waals surface area (Å²) in [5.41, 5.74) is 6.22. The van der Waals surface area contributed by atoms with E-state index < -0.39 is 27.4 Å². The number of amides is 1. The number of pyridine rings is 1. The fourth-order valence-electron chi connectivity index (χ4n) is 2.78. The third kappa shape index (κ3) is 3.72. The van der Waals surface area contributed by atoms with Gasteiger partial charge in [0.05, 0.1) is 21.7 Å². The van der Waals surface area contributed by atoms with Crippen molar-refractivity contribution in [2.45, 2.75) is 11.8 Å². The fourth-order valence-corrected chi connectivity index (χ4v) is 3.70. The van der Waals surface area contributed by atoms with Gasteiger partial charge in [0.1, 0.15) is 11.6 Å². The van der Waals surface area contributed by atoms with Gasteiger partial charge in [-0.05, 0) is 36.8 Å². The van der Waals surface area contributed by atoms with E-state index in [1.165, 1.54) is 6.07 Å². The Morgan fingerprint density at radius 3 is 2.30 bits per heavy atom. The van der Waals surface area contributed by atoms with Crippen molar-refractivity contribution in [1.29, 1.82) is 0 Å². The quantitative estimate of drug-likeness (QED) is 0.712. The minimum atomic E-state index is -3.61. The second-order valence-corrected chi connectivity index (χ2v) is 8.11. The third-order valence-electron chi connectivity index (χ3n) is 3.88. The van der Waals surface area contributed by atoms with Crippen LogP contribution in [-0.4, -0.2) is 25.6 Å². The molecule has 0 saturated carbocycles. The number of carbonyl (C=O) groups is 1. The first kappa shape index (κ1) is 18.7. The van der Waals surface area contributed by atoms with Crippen LogP contribution in [0.2, 0.25) is 0 Å². The predicted molar refractivity (Wildman–Crippen MR) is 97.7 cm³/mol. The monoisotopic (exact) mass is 391 g/mol. The molecule has 9 heteroatoms. The average molecular weight is 391 g/mol. The van der Waals surface area contributed by atoms with Crippen LogP contribution < -0.4 is 11.1 Å². The minimum absolute atomic E-state index is 0.0259. The highest BCUT2D eigenvalue weighted by atomic mass is 32.2. The molecule has 0 spiro atoms. The fraction of sp³-hybridized carbons (Fsp3) is 0.111. The largest absolute Gasteiger partial charge is 0.365 e. The Kier molecular flexibility index (Phi) is 4.56. The van der Waals surface area contributed by atoms with Gasteiger partial charge in [-0.1, -0.05) is 0 Å². The van der Waals surface area contributed by atoms with E-state index in [1.807, 2.05) is 0 Å². The van der Waals surface area contributed by atoms with E-state index in [0.29, 0.717) is 11.6 Å². The third-order valence-corrected chi connectivity index (χ3v) is 4.99. The molecule has 1 amide bonds. The van der Waals surface area contributed by atoms with Gasteiger partial charge in [0.2, 0.25) is 0 Å². The molecule has 0 fully saturated rings. The van der Waals surface area contributed by atoms with Crippen molar-refractivity contribution in [1.82, 2.24) is 4.98 Å². The second-order valence-electron chi connectivity index (χ2n) is 6.13. The summed E-state index contributed by atoms with van der Waals surface area (Å²) < 4.78 is 51.3. The van der Waals surface area contributed by atoms with Crippen molar-refractivity contribution >= 4 is 38.0 Å². The van der Waals surface area contributed by atoms with E-state index in [1.54, 1.807) is 13.0 Å². The summed E-state index contributed by atoms with van der Waals surface area (Å²) in [6, 6.07) is 5.85.